The Bertz CT molecular complexity index is 1120. The number of carbonyl (C=O) groups is 2. The summed E-state index contributed by atoms with van der Waals surface area (Å²) in [5.74, 6) is -0.231. The predicted octanol–water partition coefficient (Wildman–Crippen LogP) is 5.92. The summed E-state index contributed by atoms with van der Waals surface area (Å²) in [7, 11) is 0. The van der Waals surface area contributed by atoms with Crippen LogP contribution in [0.15, 0.2) is 71.6 Å². The van der Waals surface area contributed by atoms with Crippen LogP contribution in [0.4, 0.5) is 10.5 Å². The van der Waals surface area contributed by atoms with Crippen LogP contribution in [-0.2, 0) is 11.3 Å². The Morgan fingerprint density at radius 3 is 2.30 bits per heavy atom. The summed E-state index contributed by atoms with van der Waals surface area (Å²) in [6, 6.07) is 22.2. The van der Waals surface area contributed by atoms with E-state index in [9.17, 15) is 9.59 Å². The predicted molar refractivity (Wildman–Crippen MR) is 125 cm³/mol. The first-order valence-electron chi connectivity index (χ1n) is 10.2. The third-order valence-electron chi connectivity index (χ3n) is 5.35. The van der Waals surface area contributed by atoms with Crippen LogP contribution in [0.25, 0.3) is 16.8 Å². The van der Waals surface area contributed by atoms with Gasteiger partial charge in [0.15, 0.2) is 0 Å². The van der Waals surface area contributed by atoms with E-state index in [4.69, 9.17) is 0 Å². The third kappa shape index (κ3) is 4.12. The van der Waals surface area contributed by atoms with Gasteiger partial charge in [0.05, 0.1) is 11.4 Å². The highest BCUT2D eigenvalue weighted by molar-refractivity contribution is 8.18. The highest BCUT2D eigenvalue weighted by Crippen LogP contribution is 2.34. The van der Waals surface area contributed by atoms with E-state index in [-0.39, 0.29) is 17.7 Å². The standard InChI is InChI=1S/C25H24N2O2S/c1-3-26(4-2)22-13-10-18(11-14-22)16-23-24(28)27(25(29)30-23)17-19-9-12-20-7-5-6-8-21(20)15-19/h5-16H,3-4,17H2,1-2H3/b23-16-. The van der Waals surface area contributed by atoms with Crippen LogP contribution in [0.2, 0.25) is 0 Å². The minimum Gasteiger partial charge on any atom is -0.372 e. The molecular weight excluding hydrogens is 392 g/mol. The lowest BCUT2D eigenvalue weighted by Gasteiger charge is -2.20. The lowest BCUT2D eigenvalue weighted by Crippen LogP contribution is -2.27. The summed E-state index contributed by atoms with van der Waals surface area (Å²) in [5.41, 5.74) is 3.02. The minimum absolute atomic E-state index is 0.223. The average molecular weight is 417 g/mol. The van der Waals surface area contributed by atoms with Crippen LogP contribution >= 0.6 is 11.8 Å². The molecule has 0 unspecified atom stereocenters. The van der Waals surface area contributed by atoms with Gasteiger partial charge in [-0.3, -0.25) is 14.5 Å². The van der Waals surface area contributed by atoms with E-state index >= 15 is 0 Å². The first-order chi connectivity index (χ1) is 14.6. The molecule has 0 aromatic heterocycles. The SMILES string of the molecule is CCN(CC)c1ccc(/C=C2\SC(=O)N(Cc3ccc4ccccc4c3)C2=O)cc1. The second-order valence-corrected chi connectivity index (χ2v) is 8.21. The first-order valence-corrected chi connectivity index (χ1v) is 11.0. The molecule has 1 aliphatic rings. The van der Waals surface area contributed by atoms with E-state index in [1.54, 1.807) is 6.08 Å². The molecule has 0 radical (unpaired) electrons. The maximum absolute atomic E-state index is 12.9. The van der Waals surface area contributed by atoms with E-state index in [1.165, 1.54) is 4.90 Å². The molecule has 3 aromatic carbocycles. The zero-order valence-corrected chi connectivity index (χ0v) is 18.0. The van der Waals surface area contributed by atoms with Crippen LogP contribution in [-0.4, -0.2) is 29.1 Å². The summed E-state index contributed by atoms with van der Waals surface area (Å²) >= 11 is 1.01. The second-order valence-electron chi connectivity index (χ2n) is 7.21. The maximum Gasteiger partial charge on any atom is 0.293 e. The molecule has 1 heterocycles. The molecule has 0 spiro atoms. The normalized spacial score (nSPS) is 15.4. The number of amides is 2. The van der Waals surface area contributed by atoms with Crippen molar-refractivity contribution in [3.8, 4) is 0 Å². The van der Waals surface area contributed by atoms with Crippen molar-refractivity contribution in [1.29, 1.82) is 0 Å². The number of anilines is 1. The van der Waals surface area contributed by atoms with Gasteiger partial charge in [-0.15, -0.1) is 0 Å². The smallest absolute Gasteiger partial charge is 0.293 e. The Hall–Kier alpha value is -3.05. The molecule has 30 heavy (non-hydrogen) atoms. The summed E-state index contributed by atoms with van der Waals surface area (Å²) < 4.78 is 0. The van der Waals surface area contributed by atoms with E-state index in [2.05, 4.69) is 30.9 Å². The number of carbonyl (C=O) groups excluding carboxylic acids is 2. The highest BCUT2D eigenvalue weighted by atomic mass is 32.2. The maximum atomic E-state index is 12.9. The monoisotopic (exact) mass is 416 g/mol. The number of imide groups is 1. The number of benzene rings is 3. The fourth-order valence-corrected chi connectivity index (χ4v) is 4.52. The average Bonchev–Trinajstić information content (AvgIpc) is 3.03. The summed E-state index contributed by atoms with van der Waals surface area (Å²) in [4.78, 5) is 29.4. The van der Waals surface area contributed by atoms with E-state index in [0.29, 0.717) is 4.91 Å². The van der Waals surface area contributed by atoms with Gasteiger partial charge in [0, 0.05) is 18.8 Å². The highest BCUT2D eigenvalue weighted by Gasteiger charge is 2.35. The van der Waals surface area contributed by atoms with Gasteiger partial charge < -0.3 is 4.90 Å². The molecule has 3 aromatic rings. The number of rotatable bonds is 6. The Kier molecular flexibility index (Phi) is 5.91. The number of fused-ring (bicyclic) bond motifs is 1. The molecule has 2 amide bonds. The second kappa shape index (κ2) is 8.76. The number of thioether (sulfide) groups is 1. The Balaban J connectivity index is 1.51. The number of hydrogen-bond donors (Lipinski definition) is 0. The summed E-state index contributed by atoms with van der Waals surface area (Å²) in [5, 5.41) is 2.02. The van der Waals surface area contributed by atoms with Gasteiger partial charge in [-0.05, 0) is 71.8 Å². The Morgan fingerprint density at radius 1 is 0.900 bits per heavy atom. The quantitative estimate of drug-likeness (QED) is 0.468. The topological polar surface area (TPSA) is 40.6 Å². The fraction of sp³-hybridized carbons (Fsp3) is 0.200. The fourth-order valence-electron chi connectivity index (χ4n) is 3.68. The van der Waals surface area contributed by atoms with Crippen molar-refractivity contribution in [3.63, 3.8) is 0 Å². The van der Waals surface area contributed by atoms with Crippen LogP contribution in [0.5, 0.6) is 0 Å². The molecule has 5 heteroatoms. The van der Waals surface area contributed by atoms with Crippen molar-refractivity contribution in [2.75, 3.05) is 18.0 Å². The van der Waals surface area contributed by atoms with Crippen molar-refractivity contribution in [2.45, 2.75) is 20.4 Å². The Labute approximate surface area is 181 Å². The minimum atomic E-state index is -0.231. The largest absolute Gasteiger partial charge is 0.372 e. The molecule has 0 N–H and O–H groups in total. The van der Waals surface area contributed by atoms with E-state index < -0.39 is 0 Å². The van der Waals surface area contributed by atoms with Gasteiger partial charge in [0.1, 0.15) is 0 Å². The molecule has 1 fully saturated rings. The zero-order chi connectivity index (χ0) is 21.1. The van der Waals surface area contributed by atoms with Crippen LogP contribution in [0.3, 0.4) is 0 Å². The molecule has 0 aliphatic carbocycles. The van der Waals surface area contributed by atoms with Crippen molar-refractivity contribution >= 4 is 45.4 Å². The van der Waals surface area contributed by atoms with Gasteiger partial charge in [-0.1, -0.05) is 48.5 Å². The molecule has 152 valence electrons. The molecule has 4 nitrogen and oxygen atoms in total. The van der Waals surface area contributed by atoms with Crippen LogP contribution in [0.1, 0.15) is 25.0 Å². The lowest BCUT2D eigenvalue weighted by molar-refractivity contribution is -0.123. The molecule has 4 rings (SSSR count). The van der Waals surface area contributed by atoms with Crippen LogP contribution < -0.4 is 4.90 Å². The van der Waals surface area contributed by atoms with Crippen molar-refractivity contribution in [2.24, 2.45) is 0 Å². The molecule has 0 bridgehead atoms. The van der Waals surface area contributed by atoms with E-state index in [1.807, 2.05) is 54.6 Å². The Morgan fingerprint density at radius 2 is 1.60 bits per heavy atom. The van der Waals surface area contributed by atoms with Gasteiger partial charge in [0.25, 0.3) is 11.1 Å². The van der Waals surface area contributed by atoms with Gasteiger partial charge in [0.2, 0.25) is 0 Å². The summed E-state index contributed by atoms with van der Waals surface area (Å²) in [6.45, 7) is 6.44. The van der Waals surface area contributed by atoms with Gasteiger partial charge >= 0.3 is 0 Å². The molecule has 0 saturated carbocycles. The van der Waals surface area contributed by atoms with Crippen LogP contribution in [0, 0.1) is 0 Å². The van der Waals surface area contributed by atoms with Gasteiger partial charge in [-0.2, -0.15) is 0 Å². The summed E-state index contributed by atoms with van der Waals surface area (Å²) in [6.07, 6.45) is 1.80. The van der Waals surface area contributed by atoms with Crippen molar-refractivity contribution in [1.82, 2.24) is 4.90 Å². The molecule has 1 aliphatic heterocycles. The van der Waals surface area contributed by atoms with E-state index in [0.717, 1.165) is 52.4 Å². The molecular formula is C25H24N2O2S. The van der Waals surface area contributed by atoms with Gasteiger partial charge in [-0.25, -0.2) is 0 Å². The zero-order valence-electron chi connectivity index (χ0n) is 17.2. The number of hydrogen-bond acceptors (Lipinski definition) is 4. The molecule has 1 saturated heterocycles. The lowest BCUT2D eigenvalue weighted by atomic mass is 10.1. The third-order valence-corrected chi connectivity index (χ3v) is 6.25. The number of nitrogens with zero attached hydrogens (tertiary/aromatic N) is 2. The first kappa shape index (κ1) is 20.2. The van der Waals surface area contributed by atoms with Crippen molar-refractivity contribution in [3.05, 3.63) is 82.8 Å². The van der Waals surface area contributed by atoms with Crippen molar-refractivity contribution < 1.29 is 9.59 Å². The molecule has 0 atom stereocenters.